The van der Waals surface area contributed by atoms with Gasteiger partial charge < -0.3 is 4.74 Å². The molecular formula is C17H20ClN3O2S. The molecule has 0 atom stereocenters. The molecule has 7 heteroatoms. The van der Waals surface area contributed by atoms with Gasteiger partial charge in [-0.25, -0.2) is 9.48 Å². The average molecular weight is 366 g/mol. The van der Waals surface area contributed by atoms with E-state index >= 15 is 0 Å². The number of hydrogen-bond acceptors (Lipinski definition) is 5. The molecule has 0 spiro atoms. The van der Waals surface area contributed by atoms with Crippen LogP contribution < -0.4 is 4.80 Å². The maximum atomic E-state index is 11.6. The summed E-state index contributed by atoms with van der Waals surface area (Å²) in [6.45, 7) is 0. The number of hydrogen-bond donors (Lipinski definition) is 0. The van der Waals surface area contributed by atoms with Gasteiger partial charge in [-0.05, 0) is 25.0 Å². The van der Waals surface area contributed by atoms with Crippen LogP contribution in [0.3, 0.4) is 0 Å². The van der Waals surface area contributed by atoms with Crippen LogP contribution in [0.25, 0.3) is 10.6 Å². The summed E-state index contributed by atoms with van der Waals surface area (Å²) >= 11 is 7.75. The summed E-state index contributed by atoms with van der Waals surface area (Å²) in [5, 5.41) is 5.75. The fourth-order valence-corrected chi connectivity index (χ4v) is 4.08. The highest BCUT2D eigenvalue weighted by molar-refractivity contribution is 7.12. The lowest BCUT2D eigenvalue weighted by molar-refractivity contribution is 0.0601. The van der Waals surface area contributed by atoms with Crippen molar-refractivity contribution in [2.75, 3.05) is 7.11 Å². The second-order valence-electron chi connectivity index (χ2n) is 5.92. The zero-order valence-electron chi connectivity index (χ0n) is 13.8. The minimum absolute atomic E-state index is 0.357. The second-order valence-corrected chi connectivity index (χ2v) is 7.28. The summed E-state index contributed by atoms with van der Waals surface area (Å²) in [6, 6.07) is 5.66. The Labute approximate surface area is 149 Å². The fourth-order valence-electron chi connectivity index (χ4n) is 2.87. The molecule has 1 aliphatic carbocycles. The summed E-state index contributed by atoms with van der Waals surface area (Å²) < 4.78 is 6.53. The van der Waals surface area contributed by atoms with Gasteiger partial charge >= 0.3 is 5.97 Å². The van der Waals surface area contributed by atoms with Gasteiger partial charge in [0.2, 0.25) is 4.80 Å². The van der Waals surface area contributed by atoms with Gasteiger partial charge in [-0.15, -0.1) is 0 Å². The van der Waals surface area contributed by atoms with Crippen LogP contribution in [0.4, 0.5) is 0 Å². The first kappa shape index (κ1) is 17.2. The molecule has 1 aromatic heterocycles. The number of rotatable bonds is 3. The minimum atomic E-state index is -0.441. The number of halogens is 1. The van der Waals surface area contributed by atoms with E-state index in [2.05, 4.69) is 5.10 Å². The van der Waals surface area contributed by atoms with Crippen LogP contribution >= 0.6 is 22.9 Å². The van der Waals surface area contributed by atoms with Gasteiger partial charge in [-0.2, -0.15) is 5.10 Å². The van der Waals surface area contributed by atoms with Crippen molar-refractivity contribution >= 4 is 28.9 Å². The normalized spacial score (nSPS) is 16.4. The van der Waals surface area contributed by atoms with Gasteiger partial charge in [0.25, 0.3) is 0 Å². The smallest absolute Gasteiger partial charge is 0.339 e. The van der Waals surface area contributed by atoms with Gasteiger partial charge in [0.1, 0.15) is 5.01 Å². The van der Waals surface area contributed by atoms with Crippen molar-refractivity contribution < 1.29 is 9.53 Å². The van der Waals surface area contributed by atoms with Crippen molar-refractivity contribution in [2.45, 2.75) is 38.1 Å². The number of carbonyl (C=O) groups excluding carboxylic acids is 1. The maximum Gasteiger partial charge on any atom is 0.339 e. The molecule has 1 aromatic carbocycles. The molecule has 2 aromatic rings. The van der Waals surface area contributed by atoms with E-state index in [1.807, 2.05) is 17.8 Å². The molecule has 0 unspecified atom stereocenters. The van der Waals surface area contributed by atoms with Crippen molar-refractivity contribution in [1.29, 1.82) is 0 Å². The van der Waals surface area contributed by atoms with E-state index in [0.717, 1.165) is 28.2 Å². The van der Waals surface area contributed by atoms with Crippen molar-refractivity contribution in [2.24, 2.45) is 12.0 Å². The number of aromatic nitrogens is 2. The average Bonchev–Trinajstić information content (AvgIpc) is 2.96. The fraction of sp³-hybridized carbons (Fsp3) is 0.471. The standard InChI is InChI=1S/C17H20ClN3O2S/c1-21-17(19-12-6-4-3-5-7-12)24-15(20-21)11-8-9-13(14(18)10-11)16(22)23-2/h8-10,12H,3-7H2,1-2H3. The van der Waals surface area contributed by atoms with E-state index in [0.29, 0.717) is 16.6 Å². The number of carbonyl (C=O) groups is 1. The van der Waals surface area contributed by atoms with Crippen LogP contribution in [-0.2, 0) is 11.8 Å². The predicted molar refractivity (Wildman–Crippen MR) is 95.3 cm³/mol. The molecule has 0 N–H and O–H groups in total. The SMILES string of the molecule is COC(=O)c1ccc(-c2nn(C)c(=NC3CCCCC3)s2)cc1Cl. The summed E-state index contributed by atoms with van der Waals surface area (Å²) in [7, 11) is 3.25. The first-order chi connectivity index (χ1) is 11.6. The van der Waals surface area contributed by atoms with Crippen molar-refractivity contribution in [1.82, 2.24) is 9.78 Å². The van der Waals surface area contributed by atoms with Crippen LogP contribution in [0.2, 0.25) is 5.02 Å². The number of methoxy groups -OCH3 is 1. The molecule has 0 aliphatic heterocycles. The molecular weight excluding hydrogens is 346 g/mol. The van der Waals surface area contributed by atoms with Crippen LogP contribution in [0, 0.1) is 0 Å². The molecule has 1 aliphatic rings. The van der Waals surface area contributed by atoms with Crippen LogP contribution in [0.5, 0.6) is 0 Å². The van der Waals surface area contributed by atoms with Crippen LogP contribution in [0.15, 0.2) is 23.2 Å². The Bertz CT molecular complexity index is 806. The number of ether oxygens (including phenoxy) is 1. The van der Waals surface area contributed by atoms with E-state index in [4.69, 9.17) is 21.3 Å². The summed E-state index contributed by atoms with van der Waals surface area (Å²) in [4.78, 5) is 17.4. The molecule has 1 saturated carbocycles. The molecule has 1 heterocycles. The summed E-state index contributed by atoms with van der Waals surface area (Å²) in [6.07, 6.45) is 6.15. The third kappa shape index (κ3) is 3.70. The Morgan fingerprint density at radius 2 is 2.12 bits per heavy atom. The lowest BCUT2D eigenvalue weighted by atomic mass is 9.96. The Balaban J connectivity index is 1.90. The monoisotopic (exact) mass is 365 g/mol. The zero-order chi connectivity index (χ0) is 17.1. The van der Waals surface area contributed by atoms with E-state index < -0.39 is 5.97 Å². The van der Waals surface area contributed by atoms with Gasteiger partial charge in [-0.3, -0.25) is 4.99 Å². The predicted octanol–water partition coefficient (Wildman–Crippen LogP) is 3.82. The molecule has 1 fully saturated rings. The zero-order valence-corrected chi connectivity index (χ0v) is 15.4. The van der Waals surface area contributed by atoms with E-state index in [9.17, 15) is 4.79 Å². The largest absolute Gasteiger partial charge is 0.465 e. The quantitative estimate of drug-likeness (QED) is 0.777. The first-order valence-electron chi connectivity index (χ1n) is 8.04. The molecule has 0 radical (unpaired) electrons. The Kier molecular flexibility index (Phi) is 5.36. The van der Waals surface area contributed by atoms with E-state index in [1.165, 1.54) is 26.4 Å². The van der Waals surface area contributed by atoms with Crippen molar-refractivity contribution in [3.63, 3.8) is 0 Å². The number of esters is 1. The minimum Gasteiger partial charge on any atom is -0.465 e. The molecule has 24 heavy (non-hydrogen) atoms. The second kappa shape index (κ2) is 7.49. The molecule has 0 amide bonds. The number of benzene rings is 1. The highest BCUT2D eigenvalue weighted by atomic mass is 35.5. The third-order valence-electron chi connectivity index (χ3n) is 4.19. The molecule has 5 nitrogen and oxygen atoms in total. The van der Waals surface area contributed by atoms with Crippen LogP contribution in [0.1, 0.15) is 42.5 Å². The number of aryl methyl sites for hydroxylation is 1. The Hall–Kier alpha value is -1.66. The first-order valence-corrected chi connectivity index (χ1v) is 9.24. The Morgan fingerprint density at radius 3 is 2.79 bits per heavy atom. The van der Waals surface area contributed by atoms with Gasteiger partial charge in [0, 0.05) is 12.6 Å². The van der Waals surface area contributed by atoms with Crippen molar-refractivity contribution in [3.05, 3.63) is 33.6 Å². The third-order valence-corrected chi connectivity index (χ3v) is 5.57. The highest BCUT2D eigenvalue weighted by Gasteiger charge is 2.15. The topological polar surface area (TPSA) is 56.5 Å². The molecule has 128 valence electrons. The lowest BCUT2D eigenvalue weighted by Crippen LogP contribution is -2.18. The molecule has 0 saturated heterocycles. The summed E-state index contributed by atoms with van der Waals surface area (Å²) in [5.74, 6) is -0.441. The Morgan fingerprint density at radius 1 is 1.38 bits per heavy atom. The van der Waals surface area contributed by atoms with Crippen molar-refractivity contribution in [3.8, 4) is 10.6 Å². The molecule has 0 bridgehead atoms. The van der Waals surface area contributed by atoms with E-state index in [-0.39, 0.29) is 0 Å². The van der Waals surface area contributed by atoms with Gasteiger partial charge in [0.05, 0.1) is 23.7 Å². The lowest BCUT2D eigenvalue weighted by Gasteiger charge is -2.16. The maximum absolute atomic E-state index is 11.6. The van der Waals surface area contributed by atoms with Gasteiger partial charge in [0.15, 0.2) is 0 Å². The number of nitrogens with zero attached hydrogens (tertiary/aromatic N) is 3. The van der Waals surface area contributed by atoms with Gasteiger partial charge in [-0.1, -0.05) is 48.3 Å². The molecule has 3 rings (SSSR count). The van der Waals surface area contributed by atoms with E-state index in [1.54, 1.807) is 23.5 Å². The highest BCUT2D eigenvalue weighted by Crippen LogP contribution is 2.26. The van der Waals surface area contributed by atoms with Crippen LogP contribution in [-0.4, -0.2) is 28.9 Å². The summed E-state index contributed by atoms with van der Waals surface area (Å²) in [5.41, 5.74) is 1.23.